The van der Waals surface area contributed by atoms with Crippen molar-refractivity contribution < 1.29 is 14.6 Å². The smallest absolute Gasteiger partial charge is 0.230 e. The first-order chi connectivity index (χ1) is 18.1. The Kier molecular flexibility index (Phi) is 14.3. The number of thiazole rings is 1. The number of aromatic nitrogens is 1. The lowest BCUT2D eigenvalue weighted by Gasteiger charge is -2.13. The van der Waals surface area contributed by atoms with Crippen molar-refractivity contribution >= 4 is 52.9 Å². The van der Waals surface area contributed by atoms with E-state index in [0.29, 0.717) is 13.1 Å². The molecule has 0 aliphatic rings. The summed E-state index contributed by atoms with van der Waals surface area (Å²) in [6.07, 6.45) is 0.468. The number of carbonyl (C=O) groups is 1. The maximum Gasteiger partial charge on any atom is 0.230 e. The minimum Gasteiger partial charge on any atom is -0.491 e. The summed E-state index contributed by atoms with van der Waals surface area (Å²) in [6, 6.07) is 27.4. The number of nitrogens with zero attached hydrogens (tertiary/aromatic N) is 1. The summed E-state index contributed by atoms with van der Waals surface area (Å²) < 4.78 is 5.56. The van der Waals surface area contributed by atoms with Crippen LogP contribution in [0.2, 0.25) is 0 Å². The average molecular weight is 590 g/mol. The third kappa shape index (κ3) is 11.6. The van der Waals surface area contributed by atoms with Crippen LogP contribution in [-0.4, -0.2) is 41.8 Å². The van der Waals surface area contributed by atoms with Gasteiger partial charge in [-0.25, -0.2) is 4.98 Å². The van der Waals surface area contributed by atoms with Crippen LogP contribution in [0.5, 0.6) is 5.75 Å². The molecular weight excluding hydrogens is 555 g/mol. The summed E-state index contributed by atoms with van der Waals surface area (Å²) in [6.45, 7) is 2.14. The molecule has 1 amide bonds. The zero-order chi connectivity index (χ0) is 25.7. The van der Waals surface area contributed by atoms with Gasteiger partial charge in [-0.3, -0.25) is 4.79 Å². The third-order valence-electron chi connectivity index (χ3n) is 5.57. The summed E-state index contributed by atoms with van der Waals surface area (Å²) in [4.78, 5) is 17.0. The molecule has 0 fully saturated rings. The van der Waals surface area contributed by atoms with Crippen LogP contribution in [0.15, 0.2) is 90.3 Å². The zero-order valence-corrected chi connectivity index (χ0v) is 23.9. The van der Waals surface area contributed by atoms with Crippen molar-refractivity contribution in [1.82, 2.24) is 10.3 Å². The fraction of sp³-hybridized carbons (Fsp3) is 0.241. The van der Waals surface area contributed by atoms with Crippen LogP contribution in [0.1, 0.15) is 16.8 Å². The predicted molar refractivity (Wildman–Crippen MR) is 164 cm³/mol. The molecule has 4 rings (SSSR count). The maximum atomic E-state index is 12.5. The lowest BCUT2D eigenvalue weighted by Crippen LogP contribution is -2.32. The second-order valence-corrected chi connectivity index (χ2v) is 9.50. The van der Waals surface area contributed by atoms with E-state index in [-0.39, 0.29) is 43.7 Å². The van der Waals surface area contributed by atoms with Gasteiger partial charge in [-0.2, -0.15) is 0 Å². The zero-order valence-electron chi connectivity index (χ0n) is 21.4. The summed E-state index contributed by atoms with van der Waals surface area (Å²) >= 11 is 1.50. The van der Waals surface area contributed by atoms with E-state index >= 15 is 0 Å². The molecule has 0 saturated carbocycles. The van der Waals surface area contributed by atoms with E-state index in [1.807, 2.05) is 78.2 Å². The first-order valence-corrected chi connectivity index (χ1v) is 13.2. The van der Waals surface area contributed by atoms with E-state index in [1.54, 1.807) is 0 Å². The number of aliphatic hydroxyl groups excluding tert-OH is 1. The van der Waals surface area contributed by atoms with Crippen molar-refractivity contribution in [3.63, 3.8) is 0 Å². The maximum absolute atomic E-state index is 12.5. The van der Waals surface area contributed by atoms with Crippen molar-refractivity contribution in [2.75, 3.05) is 30.3 Å². The largest absolute Gasteiger partial charge is 0.491 e. The van der Waals surface area contributed by atoms with Crippen molar-refractivity contribution in [2.24, 2.45) is 0 Å². The van der Waals surface area contributed by atoms with Crippen LogP contribution >= 0.6 is 36.2 Å². The second kappa shape index (κ2) is 17.4. The topological polar surface area (TPSA) is 95.5 Å². The minimum absolute atomic E-state index is 0. The highest BCUT2D eigenvalue weighted by molar-refractivity contribution is 7.13. The number of nitrogens with one attached hydrogen (secondary N) is 3. The van der Waals surface area contributed by atoms with Gasteiger partial charge >= 0.3 is 0 Å². The summed E-state index contributed by atoms with van der Waals surface area (Å²) in [7, 11) is 0. The first-order valence-electron chi connectivity index (χ1n) is 12.3. The quantitative estimate of drug-likeness (QED) is 0.148. The van der Waals surface area contributed by atoms with Gasteiger partial charge in [0.1, 0.15) is 18.5 Å². The molecule has 0 aliphatic heterocycles. The highest BCUT2D eigenvalue weighted by Gasteiger charge is 2.09. The van der Waals surface area contributed by atoms with Gasteiger partial charge in [0.05, 0.1) is 12.1 Å². The number of halogens is 2. The van der Waals surface area contributed by atoms with Gasteiger partial charge in [0.2, 0.25) is 5.91 Å². The summed E-state index contributed by atoms with van der Waals surface area (Å²) in [5.41, 5.74) is 3.83. The Morgan fingerprint density at radius 3 is 2.33 bits per heavy atom. The van der Waals surface area contributed by atoms with E-state index in [2.05, 4.69) is 33.1 Å². The van der Waals surface area contributed by atoms with Crippen LogP contribution < -0.4 is 20.7 Å². The molecule has 0 bridgehead atoms. The molecule has 10 heteroatoms. The lowest BCUT2D eigenvalue weighted by atomic mass is 10.1. The van der Waals surface area contributed by atoms with Gasteiger partial charge in [-0.05, 0) is 48.4 Å². The molecule has 1 atom stereocenters. The van der Waals surface area contributed by atoms with Crippen LogP contribution in [0.4, 0.5) is 10.8 Å². The first kappa shape index (κ1) is 32.1. The second-order valence-electron chi connectivity index (χ2n) is 8.64. The molecule has 7 nitrogen and oxygen atoms in total. The average Bonchev–Trinajstić information content (AvgIpc) is 3.38. The summed E-state index contributed by atoms with van der Waals surface area (Å²) in [5, 5.41) is 22.3. The third-order valence-corrected chi connectivity index (χ3v) is 6.42. The number of anilines is 2. The summed E-state index contributed by atoms with van der Waals surface area (Å²) in [5.74, 6) is 0.655. The molecule has 0 aliphatic carbocycles. The van der Waals surface area contributed by atoms with E-state index in [1.165, 1.54) is 16.9 Å². The number of benzene rings is 3. The van der Waals surface area contributed by atoms with E-state index < -0.39 is 6.10 Å². The SMILES string of the molecule is Cl.Cl.O=C(Cc1csc(NCc2ccccc2)n1)Nc1ccc(CCNC[C@H](O)COc2ccccc2)cc1. The van der Waals surface area contributed by atoms with Gasteiger partial charge < -0.3 is 25.8 Å². The van der Waals surface area contributed by atoms with E-state index in [9.17, 15) is 9.90 Å². The molecule has 39 heavy (non-hydrogen) atoms. The van der Waals surface area contributed by atoms with Gasteiger partial charge in [0.25, 0.3) is 0 Å². The van der Waals surface area contributed by atoms with Crippen LogP contribution in [-0.2, 0) is 24.2 Å². The van der Waals surface area contributed by atoms with Gasteiger partial charge in [0.15, 0.2) is 5.13 Å². The Bertz CT molecular complexity index is 1230. The molecule has 4 aromatic rings. The Balaban J connectivity index is 0.00000267. The van der Waals surface area contributed by atoms with Gasteiger partial charge in [-0.15, -0.1) is 36.2 Å². The number of amides is 1. The normalized spacial score (nSPS) is 11.0. The molecule has 0 unspecified atom stereocenters. The molecular formula is C29H34Cl2N4O3S. The molecule has 0 spiro atoms. The molecule has 0 radical (unpaired) electrons. The van der Waals surface area contributed by atoms with Crippen LogP contribution in [0.3, 0.4) is 0 Å². The van der Waals surface area contributed by atoms with Crippen molar-refractivity contribution in [2.45, 2.75) is 25.5 Å². The van der Waals surface area contributed by atoms with Crippen LogP contribution in [0, 0.1) is 0 Å². The fourth-order valence-electron chi connectivity index (χ4n) is 3.64. The van der Waals surface area contributed by atoms with Crippen molar-refractivity contribution in [3.8, 4) is 5.75 Å². The molecule has 4 N–H and O–H groups in total. The monoisotopic (exact) mass is 588 g/mol. The Morgan fingerprint density at radius 2 is 1.62 bits per heavy atom. The highest BCUT2D eigenvalue weighted by atomic mass is 35.5. The number of hydrogen-bond acceptors (Lipinski definition) is 7. The van der Waals surface area contributed by atoms with Crippen molar-refractivity contribution in [3.05, 3.63) is 107 Å². The highest BCUT2D eigenvalue weighted by Crippen LogP contribution is 2.18. The van der Waals surface area contributed by atoms with Crippen molar-refractivity contribution in [1.29, 1.82) is 0 Å². The number of aliphatic hydroxyl groups is 1. The minimum atomic E-state index is -0.578. The fourth-order valence-corrected chi connectivity index (χ4v) is 4.35. The number of rotatable bonds is 14. The Hall–Kier alpha value is -3.14. The molecule has 1 heterocycles. The van der Waals surface area contributed by atoms with Crippen LogP contribution in [0.25, 0.3) is 0 Å². The van der Waals surface area contributed by atoms with E-state index in [4.69, 9.17) is 4.74 Å². The molecule has 1 aromatic heterocycles. The van der Waals surface area contributed by atoms with Gasteiger partial charge in [0, 0.05) is 24.2 Å². The lowest BCUT2D eigenvalue weighted by molar-refractivity contribution is -0.115. The number of ether oxygens (including phenoxy) is 1. The number of carbonyl (C=O) groups excluding carboxylic acids is 1. The molecule has 208 valence electrons. The Labute approximate surface area is 245 Å². The molecule has 3 aromatic carbocycles. The predicted octanol–water partition coefficient (Wildman–Crippen LogP) is 5.35. The Morgan fingerprint density at radius 1 is 0.923 bits per heavy atom. The molecule has 0 saturated heterocycles. The number of para-hydroxylation sites is 1. The van der Waals surface area contributed by atoms with E-state index in [0.717, 1.165) is 40.8 Å². The number of hydrogen-bond donors (Lipinski definition) is 4. The van der Waals surface area contributed by atoms with Gasteiger partial charge in [-0.1, -0.05) is 60.7 Å². The standard InChI is InChI=1S/C29H32N4O3S.2ClH/c34-26(20-36-27-9-5-2-6-10-27)19-30-16-15-22-11-13-24(14-12-22)32-28(35)17-25-21-37-29(33-25)31-18-23-7-3-1-4-8-23;;/h1-14,21,26,30,34H,15-20H2,(H,31,33)(H,32,35);2*1H/t26-;;/m0../s1.